The highest BCUT2D eigenvalue weighted by Crippen LogP contribution is 2.26. The van der Waals surface area contributed by atoms with Gasteiger partial charge in [0.25, 0.3) is 0 Å². The van der Waals surface area contributed by atoms with E-state index in [0.717, 1.165) is 11.5 Å². The summed E-state index contributed by atoms with van der Waals surface area (Å²) in [5.74, 6) is 0.829. The summed E-state index contributed by atoms with van der Waals surface area (Å²) in [6.07, 6.45) is 4.30. The third-order valence-corrected chi connectivity index (χ3v) is 1.78. The van der Waals surface area contributed by atoms with E-state index in [1.54, 1.807) is 4.68 Å². The molecule has 0 saturated heterocycles. The van der Waals surface area contributed by atoms with E-state index in [1.165, 1.54) is 12.8 Å². The minimum absolute atomic E-state index is 0. The van der Waals surface area contributed by atoms with E-state index in [0.29, 0.717) is 6.04 Å². The summed E-state index contributed by atoms with van der Waals surface area (Å²) in [6.45, 7) is 0. The summed E-state index contributed by atoms with van der Waals surface area (Å²) < 4.78 is 1.72. The zero-order chi connectivity index (χ0) is 7.84. The average Bonchev–Trinajstić information content (AvgIpc) is 2.64. The van der Waals surface area contributed by atoms with Crippen LogP contribution in [0.5, 0.6) is 0 Å². The Morgan fingerprint density at radius 3 is 2.54 bits per heavy atom. The van der Waals surface area contributed by atoms with Crippen molar-refractivity contribution in [3.05, 3.63) is 6.20 Å². The van der Waals surface area contributed by atoms with Crippen LogP contribution in [0, 0.1) is 0 Å². The second kappa shape index (κ2) is 4.58. The van der Waals surface area contributed by atoms with E-state index in [2.05, 4.69) is 10.4 Å². The molecule has 1 aromatic rings. The van der Waals surface area contributed by atoms with E-state index in [1.807, 2.05) is 13.2 Å². The summed E-state index contributed by atoms with van der Waals surface area (Å²) in [6, 6.07) is 0.618. The molecule has 2 rings (SSSR count). The summed E-state index contributed by atoms with van der Waals surface area (Å²) >= 11 is 0. The summed E-state index contributed by atoms with van der Waals surface area (Å²) in [7, 11) is 1.87. The van der Waals surface area contributed by atoms with Crippen LogP contribution in [-0.2, 0) is 7.05 Å². The molecule has 0 atom stereocenters. The standard InChI is InChI=1S/C7H12N4.2ClH/c1-11-4-6(8)7(10-11)9-5-2-3-5;;/h4-5H,2-3,8H2,1H3,(H,9,10);2*1H. The molecule has 6 heteroatoms. The van der Waals surface area contributed by atoms with Gasteiger partial charge in [-0.3, -0.25) is 4.68 Å². The van der Waals surface area contributed by atoms with Gasteiger partial charge in [0.1, 0.15) is 0 Å². The van der Waals surface area contributed by atoms with Gasteiger partial charge in [0.05, 0.1) is 5.69 Å². The van der Waals surface area contributed by atoms with Gasteiger partial charge in [-0.2, -0.15) is 5.10 Å². The molecule has 1 heterocycles. The zero-order valence-electron chi connectivity index (χ0n) is 7.36. The molecule has 0 aliphatic heterocycles. The van der Waals surface area contributed by atoms with Crippen LogP contribution in [0.4, 0.5) is 11.5 Å². The van der Waals surface area contributed by atoms with Crippen molar-refractivity contribution in [3.63, 3.8) is 0 Å². The second-order valence-corrected chi connectivity index (χ2v) is 3.03. The Balaban J connectivity index is 0.000000720. The van der Waals surface area contributed by atoms with Gasteiger partial charge in [0.2, 0.25) is 0 Å². The molecular formula is C7H14Cl2N4. The maximum Gasteiger partial charge on any atom is 0.171 e. The zero-order valence-corrected chi connectivity index (χ0v) is 8.99. The first-order valence-electron chi connectivity index (χ1n) is 3.81. The van der Waals surface area contributed by atoms with Crippen molar-refractivity contribution in [2.75, 3.05) is 11.1 Å². The molecule has 0 radical (unpaired) electrons. The monoisotopic (exact) mass is 224 g/mol. The Hall–Kier alpha value is -0.610. The number of hydrogen-bond donors (Lipinski definition) is 2. The van der Waals surface area contributed by atoms with Crippen molar-refractivity contribution in [2.24, 2.45) is 7.05 Å². The van der Waals surface area contributed by atoms with Crippen LogP contribution in [0.1, 0.15) is 12.8 Å². The summed E-state index contributed by atoms with van der Waals surface area (Å²) in [5, 5.41) is 7.42. The van der Waals surface area contributed by atoms with Crippen molar-refractivity contribution in [2.45, 2.75) is 18.9 Å². The molecule has 3 N–H and O–H groups in total. The minimum Gasteiger partial charge on any atom is -0.394 e. The van der Waals surface area contributed by atoms with Gasteiger partial charge in [-0.05, 0) is 12.8 Å². The Morgan fingerprint density at radius 2 is 2.15 bits per heavy atom. The van der Waals surface area contributed by atoms with Crippen LogP contribution in [-0.4, -0.2) is 15.8 Å². The first-order chi connectivity index (χ1) is 5.25. The van der Waals surface area contributed by atoms with Crippen LogP contribution < -0.4 is 11.1 Å². The van der Waals surface area contributed by atoms with E-state index in [9.17, 15) is 0 Å². The number of hydrogen-bond acceptors (Lipinski definition) is 3. The van der Waals surface area contributed by atoms with E-state index >= 15 is 0 Å². The quantitative estimate of drug-likeness (QED) is 0.800. The third kappa shape index (κ3) is 2.97. The van der Waals surface area contributed by atoms with Crippen LogP contribution in [0.15, 0.2) is 6.20 Å². The highest BCUT2D eigenvalue weighted by atomic mass is 35.5. The normalized spacial score (nSPS) is 14.2. The molecule has 76 valence electrons. The smallest absolute Gasteiger partial charge is 0.171 e. The van der Waals surface area contributed by atoms with Crippen LogP contribution in [0.3, 0.4) is 0 Å². The predicted octanol–water partition coefficient (Wildman–Crippen LogP) is 1.42. The number of rotatable bonds is 2. The Kier molecular flexibility index (Phi) is 4.36. The molecule has 1 aliphatic carbocycles. The molecule has 1 saturated carbocycles. The largest absolute Gasteiger partial charge is 0.394 e. The first kappa shape index (κ1) is 12.4. The van der Waals surface area contributed by atoms with Gasteiger partial charge in [0.15, 0.2) is 5.82 Å². The Bertz CT molecular complexity index is 269. The Morgan fingerprint density at radius 1 is 1.54 bits per heavy atom. The lowest BCUT2D eigenvalue weighted by Crippen LogP contribution is -2.03. The van der Waals surface area contributed by atoms with Gasteiger partial charge in [-0.15, -0.1) is 24.8 Å². The molecule has 0 unspecified atom stereocenters. The van der Waals surface area contributed by atoms with Crippen molar-refractivity contribution < 1.29 is 0 Å². The van der Waals surface area contributed by atoms with Crippen LogP contribution >= 0.6 is 24.8 Å². The van der Waals surface area contributed by atoms with Crippen molar-refractivity contribution in [1.29, 1.82) is 0 Å². The lowest BCUT2D eigenvalue weighted by atomic mass is 10.5. The topological polar surface area (TPSA) is 55.9 Å². The van der Waals surface area contributed by atoms with Crippen molar-refractivity contribution in [1.82, 2.24) is 9.78 Å². The van der Waals surface area contributed by atoms with Gasteiger partial charge in [0, 0.05) is 19.3 Å². The fraction of sp³-hybridized carbons (Fsp3) is 0.571. The van der Waals surface area contributed by atoms with E-state index < -0.39 is 0 Å². The number of nitrogen functional groups attached to an aromatic ring is 1. The number of anilines is 2. The molecule has 0 aromatic carbocycles. The van der Waals surface area contributed by atoms with Gasteiger partial charge in [-0.25, -0.2) is 0 Å². The molecule has 13 heavy (non-hydrogen) atoms. The number of nitrogens with two attached hydrogens (primary N) is 1. The van der Waals surface area contributed by atoms with E-state index in [-0.39, 0.29) is 24.8 Å². The number of nitrogens with zero attached hydrogens (tertiary/aromatic N) is 2. The lowest BCUT2D eigenvalue weighted by molar-refractivity contribution is 0.768. The van der Waals surface area contributed by atoms with Gasteiger partial charge >= 0.3 is 0 Å². The highest BCUT2D eigenvalue weighted by molar-refractivity contribution is 5.85. The summed E-state index contributed by atoms with van der Waals surface area (Å²) in [5.41, 5.74) is 6.41. The molecule has 0 bridgehead atoms. The van der Waals surface area contributed by atoms with E-state index in [4.69, 9.17) is 5.73 Å². The Labute approximate surface area is 89.7 Å². The highest BCUT2D eigenvalue weighted by Gasteiger charge is 2.22. The number of halogens is 2. The SMILES string of the molecule is Cl.Cl.Cn1cc(N)c(NC2CC2)n1. The fourth-order valence-corrected chi connectivity index (χ4v) is 1.04. The average molecular weight is 225 g/mol. The predicted molar refractivity (Wildman–Crippen MR) is 58.8 cm³/mol. The van der Waals surface area contributed by atoms with Gasteiger partial charge < -0.3 is 11.1 Å². The molecule has 4 nitrogen and oxygen atoms in total. The lowest BCUT2D eigenvalue weighted by Gasteiger charge is -1.98. The molecule has 1 aromatic heterocycles. The maximum atomic E-state index is 5.67. The first-order valence-corrected chi connectivity index (χ1v) is 3.81. The molecule has 1 fully saturated rings. The van der Waals surface area contributed by atoms with Crippen molar-refractivity contribution in [3.8, 4) is 0 Å². The second-order valence-electron chi connectivity index (χ2n) is 3.03. The van der Waals surface area contributed by atoms with Crippen LogP contribution in [0.25, 0.3) is 0 Å². The number of nitrogens with one attached hydrogen (secondary N) is 1. The molecule has 0 spiro atoms. The molecule has 0 amide bonds. The number of aryl methyl sites for hydroxylation is 1. The van der Waals surface area contributed by atoms with Gasteiger partial charge in [-0.1, -0.05) is 0 Å². The maximum absolute atomic E-state index is 5.67. The van der Waals surface area contributed by atoms with Crippen LogP contribution in [0.2, 0.25) is 0 Å². The number of aromatic nitrogens is 2. The minimum atomic E-state index is 0. The third-order valence-electron chi connectivity index (χ3n) is 1.78. The summed E-state index contributed by atoms with van der Waals surface area (Å²) in [4.78, 5) is 0. The fourth-order valence-electron chi connectivity index (χ4n) is 1.04. The molecular weight excluding hydrogens is 211 g/mol. The van der Waals surface area contributed by atoms with Crippen molar-refractivity contribution >= 4 is 36.3 Å². The molecule has 1 aliphatic rings.